The Hall–Kier alpha value is -2.86. The van der Waals surface area contributed by atoms with Crippen molar-refractivity contribution >= 4 is 39.0 Å². The molecule has 5 heterocycles. The molecule has 1 atom stereocenters. The Bertz CT molecular complexity index is 1650. The Morgan fingerprint density at radius 2 is 1.85 bits per heavy atom. The van der Waals surface area contributed by atoms with E-state index in [1.165, 1.54) is 60.1 Å². The van der Waals surface area contributed by atoms with Gasteiger partial charge in [-0.3, -0.25) is 4.68 Å². The molecule has 1 aromatic carbocycles. The molecule has 0 spiro atoms. The van der Waals surface area contributed by atoms with Crippen molar-refractivity contribution in [2.75, 3.05) is 36.8 Å². The first-order chi connectivity index (χ1) is 22.0. The molecule has 10 nitrogen and oxygen atoms in total. The number of aliphatic imine (C=N–C) groups is 1. The summed E-state index contributed by atoms with van der Waals surface area (Å²) < 4.78 is 33.8. The summed E-state index contributed by atoms with van der Waals surface area (Å²) in [4.78, 5) is 7.41. The molecule has 0 aliphatic carbocycles. The normalized spacial score (nSPS) is 22.0. The maximum absolute atomic E-state index is 12.9. The Labute approximate surface area is 278 Å². The van der Waals surface area contributed by atoms with E-state index in [0.717, 1.165) is 37.0 Å². The second kappa shape index (κ2) is 13.7. The van der Waals surface area contributed by atoms with Gasteiger partial charge in [-0.15, -0.1) is 0 Å². The van der Waals surface area contributed by atoms with Crippen LogP contribution in [0.3, 0.4) is 0 Å². The Morgan fingerprint density at radius 3 is 2.57 bits per heavy atom. The van der Waals surface area contributed by atoms with Crippen LogP contribution in [0.4, 0.5) is 11.4 Å². The third kappa shape index (κ3) is 6.88. The SMILES string of the molecule is Cc1cc(NC2=CCCC(Nc3cn(C)nc3S(=O)(=O)C(C)C)=C(Cl)C=N2)c2c(c1C1CCN(C3CCNCC3)CC1)C[C@@H](C)O2. The summed E-state index contributed by atoms with van der Waals surface area (Å²) in [5.74, 6) is 2.21. The Kier molecular flexibility index (Phi) is 9.85. The first kappa shape index (κ1) is 33.1. The number of anilines is 2. The predicted molar refractivity (Wildman–Crippen MR) is 186 cm³/mol. The van der Waals surface area contributed by atoms with E-state index in [1.807, 2.05) is 6.08 Å². The molecule has 46 heavy (non-hydrogen) atoms. The van der Waals surface area contributed by atoms with E-state index in [2.05, 4.69) is 50.9 Å². The van der Waals surface area contributed by atoms with Crippen molar-refractivity contribution in [2.24, 2.45) is 12.0 Å². The number of benzene rings is 1. The molecule has 2 fully saturated rings. The van der Waals surface area contributed by atoms with Gasteiger partial charge in [0.15, 0.2) is 0 Å². The third-order valence-corrected chi connectivity index (χ3v) is 12.2. The Balaban J connectivity index is 1.18. The van der Waals surface area contributed by atoms with Gasteiger partial charge in [0.05, 0.1) is 21.7 Å². The number of rotatable bonds is 8. The second-order valence-corrected chi connectivity index (χ2v) is 16.3. The highest BCUT2D eigenvalue weighted by atomic mass is 35.5. The number of halogens is 1. The van der Waals surface area contributed by atoms with Crippen LogP contribution in [0.2, 0.25) is 0 Å². The summed E-state index contributed by atoms with van der Waals surface area (Å²) in [6.45, 7) is 12.3. The quantitative estimate of drug-likeness (QED) is 0.321. The van der Waals surface area contributed by atoms with E-state index < -0.39 is 15.1 Å². The standard InChI is InChI=1S/C34H48ClN7O3S/c1-21(2)46(43,44)34-30(20-41(5)40-34)38-28-7-6-8-31(37-19-27(28)35)39-29-17-22(3)32(26-18-23(4)45-33(26)29)24-11-15-42(16-12-24)25-9-13-36-14-10-25/h8,17,19-21,23-25,36,38-39H,6-7,9-16,18H2,1-5H3/t23-/m1/s1. The number of likely N-dealkylation sites (tertiary alicyclic amines) is 1. The van der Waals surface area contributed by atoms with Gasteiger partial charge < -0.3 is 25.6 Å². The summed E-state index contributed by atoms with van der Waals surface area (Å²) in [5.41, 5.74) is 6.19. The highest BCUT2D eigenvalue weighted by Crippen LogP contribution is 2.46. The summed E-state index contributed by atoms with van der Waals surface area (Å²) >= 11 is 6.72. The first-order valence-electron chi connectivity index (χ1n) is 16.7. The van der Waals surface area contributed by atoms with Crippen LogP contribution >= 0.6 is 11.6 Å². The van der Waals surface area contributed by atoms with Crippen LogP contribution in [0.25, 0.3) is 0 Å². The fourth-order valence-corrected chi connectivity index (χ4v) is 8.65. The monoisotopic (exact) mass is 669 g/mol. The van der Waals surface area contributed by atoms with Crippen molar-refractivity contribution in [1.82, 2.24) is 20.0 Å². The lowest BCUT2D eigenvalue weighted by atomic mass is 9.82. The molecule has 0 amide bonds. The number of sulfone groups is 1. The molecule has 3 N–H and O–H groups in total. The number of hydrogen-bond acceptors (Lipinski definition) is 9. The molecule has 0 bridgehead atoms. The zero-order valence-electron chi connectivity index (χ0n) is 27.7. The number of allylic oxidation sites excluding steroid dienone is 3. The maximum Gasteiger partial charge on any atom is 0.201 e. The highest BCUT2D eigenvalue weighted by Gasteiger charge is 2.33. The molecule has 1 aromatic heterocycles. The van der Waals surface area contributed by atoms with Gasteiger partial charge >= 0.3 is 0 Å². The fourth-order valence-electron chi connectivity index (χ4n) is 7.36. The lowest BCUT2D eigenvalue weighted by Gasteiger charge is -2.40. The minimum atomic E-state index is -3.58. The number of hydrogen-bond donors (Lipinski definition) is 3. The van der Waals surface area contributed by atoms with Crippen LogP contribution in [0.15, 0.2) is 44.9 Å². The molecular weight excluding hydrogens is 622 g/mol. The number of ether oxygens (including phenoxy) is 1. The van der Waals surface area contributed by atoms with Crippen molar-refractivity contribution in [2.45, 2.75) is 101 Å². The van der Waals surface area contributed by atoms with Crippen LogP contribution in [-0.4, -0.2) is 72.9 Å². The van der Waals surface area contributed by atoms with Crippen molar-refractivity contribution in [1.29, 1.82) is 0 Å². The van der Waals surface area contributed by atoms with Crippen LogP contribution in [0.5, 0.6) is 5.75 Å². The zero-order valence-corrected chi connectivity index (χ0v) is 29.3. The minimum absolute atomic E-state index is 0.0214. The van der Waals surface area contributed by atoms with Crippen LogP contribution < -0.4 is 20.7 Å². The van der Waals surface area contributed by atoms with Crippen molar-refractivity contribution < 1.29 is 13.2 Å². The van der Waals surface area contributed by atoms with Crippen LogP contribution in [0, 0.1) is 6.92 Å². The molecule has 2 aromatic rings. The van der Waals surface area contributed by atoms with E-state index >= 15 is 0 Å². The number of piperidine rings is 2. The second-order valence-electron chi connectivity index (χ2n) is 13.5. The average molecular weight is 670 g/mol. The van der Waals surface area contributed by atoms with E-state index in [0.29, 0.717) is 41.0 Å². The molecular formula is C34H48ClN7O3S. The minimum Gasteiger partial charge on any atom is -0.488 e. The van der Waals surface area contributed by atoms with Gasteiger partial charge in [0.1, 0.15) is 17.7 Å². The molecule has 0 radical (unpaired) electrons. The molecule has 6 rings (SSSR count). The van der Waals surface area contributed by atoms with Gasteiger partial charge in [0.25, 0.3) is 0 Å². The average Bonchev–Trinajstić information content (AvgIpc) is 3.60. The van der Waals surface area contributed by atoms with E-state index in [9.17, 15) is 8.42 Å². The van der Waals surface area contributed by atoms with Gasteiger partial charge in [0.2, 0.25) is 14.9 Å². The molecule has 0 unspecified atom stereocenters. The maximum atomic E-state index is 12.9. The van der Waals surface area contributed by atoms with Crippen molar-refractivity contribution in [3.63, 3.8) is 0 Å². The molecule has 250 valence electrons. The van der Waals surface area contributed by atoms with E-state index in [1.54, 1.807) is 33.3 Å². The lowest BCUT2D eigenvalue weighted by molar-refractivity contribution is 0.126. The number of aryl methyl sites for hydroxylation is 2. The summed E-state index contributed by atoms with van der Waals surface area (Å²) in [7, 11) is -1.87. The summed E-state index contributed by atoms with van der Waals surface area (Å²) in [6, 6.07) is 2.95. The van der Waals surface area contributed by atoms with Gasteiger partial charge in [-0.25, -0.2) is 13.4 Å². The lowest BCUT2D eigenvalue weighted by Crippen LogP contribution is -2.46. The van der Waals surface area contributed by atoms with Gasteiger partial charge in [-0.1, -0.05) is 11.6 Å². The number of nitrogens with one attached hydrogen (secondary N) is 3. The molecule has 2 saturated heterocycles. The number of fused-ring (bicyclic) bond motifs is 1. The highest BCUT2D eigenvalue weighted by molar-refractivity contribution is 7.92. The molecule has 0 saturated carbocycles. The van der Waals surface area contributed by atoms with Gasteiger partial charge in [-0.05, 0) is 122 Å². The van der Waals surface area contributed by atoms with E-state index in [-0.39, 0.29) is 11.1 Å². The number of nitrogens with zero attached hydrogens (tertiary/aromatic N) is 4. The summed E-state index contributed by atoms with van der Waals surface area (Å²) in [6.07, 6.45) is 12.5. The van der Waals surface area contributed by atoms with Gasteiger partial charge in [-0.2, -0.15) is 5.10 Å². The summed E-state index contributed by atoms with van der Waals surface area (Å²) in [5, 5.41) is 14.4. The third-order valence-electron chi connectivity index (χ3n) is 9.77. The van der Waals surface area contributed by atoms with Crippen molar-refractivity contribution in [3.8, 4) is 5.75 Å². The zero-order chi connectivity index (χ0) is 32.6. The van der Waals surface area contributed by atoms with Gasteiger partial charge in [0, 0.05) is 43.2 Å². The molecule has 4 aliphatic rings. The first-order valence-corrected chi connectivity index (χ1v) is 18.7. The number of aromatic nitrogens is 2. The smallest absolute Gasteiger partial charge is 0.201 e. The predicted octanol–water partition coefficient (Wildman–Crippen LogP) is 5.85. The Morgan fingerprint density at radius 1 is 1.11 bits per heavy atom. The molecule has 4 aliphatic heterocycles. The van der Waals surface area contributed by atoms with Crippen LogP contribution in [0.1, 0.15) is 81.9 Å². The largest absolute Gasteiger partial charge is 0.488 e. The topological polar surface area (TPSA) is 113 Å². The van der Waals surface area contributed by atoms with Crippen LogP contribution in [-0.2, 0) is 23.3 Å². The van der Waals surface area contributed by atoms with E-state index in [4.69, 9.17) is 16.3 Å². The fraction of sp³-hybridized carbons (Fsp3) is 0.588. The molecule has 12 heteroatoms. The van der Waals surface area contributed by atoms with Crippen molar-refractivity contribution in [3.05, 3.63) is 51.6 Å².